The van der Waals surface area contributed by atoms with Crippen molar-refractivity contribution in [1.29, 1.82) is 0 Å². The molecule has 0 spiro atoms. The van der Waals surface area contributed by atoms with Crippen molar-refractivity contribution in [3.05, 3.63) is 60.2 Å². The molecule has 0 fully saturated rings. The summed E-state index contributed by atoms with van der Waals surface area (Å²) in [6.07, 6.45) is 3.69. The first-order chi connectivity index (χ1) is 11.2. The van der Waals surface area contributed by atoms with Gasteiger partial charge in [0.25, 0.3) is 0 Å². The van der Waals surface area contributed by atoms with Gasteiger partial charge in [-0.3, -0.25) is 19.8 Å². The first-order valence-electron chi connectivity index (χ1n) is 7.17. The molecule has 2 aromatic rings. The Kier molecular flexibility index (Phi) is 11.3. The van der Waals surface area contributed by atoms with Crippen LogP contribution in [0, 0.1) is 0 Å². The monoisotopic (exact) mass is 396 g/mol. The van der Waals surface area contributed by atoms with Crippen LogP contribution in [0.15, 0.2) is 48.8 Å². The summed E-state index contributed by atoms with van der Waals surface area (Å²) in [5.41, 5.74) is 2.23. The maximum atomic E-state index is 4.76. The summed E-state index contributed by atoms with van der Waals surface area (Å²) in [4.78, 5) is 13.3. The Hall–Kier alpha value is -0.681. The van der Waals surface area contributed by atoms with Crippen LogP contribution in [0.25, 0.3) is 0 Å². The van der Waals surface area contributed by atoms with Gasteiger partial charge in [-0.2, -0.15) is 0 Å². The summed E-state index contributed by atoms with van der Waals surface area (Å²) in [5, 5.41) is 0. The Morgan fingerprint density at radius 1 is 0.826 bits per heavy atom. The van der Waals surface area contributed by atoms with E-state index >= 15 is 0 Å². The van der Waals surface area contributed by atoms with Gasteiger partial charge in [-0.15, -0.1) is 0 Å². The van der Waals surface area contributed by atoms with E-state index < -0.39 is 0 Å². The summed E-state index contributed by atoms with van der Waals surface area (Å²) in [5.74, 6) is 0. The summed E-state index contributed by atoms with van der Waals surface area (Å²) in [6.45, 7) is 3.80. The second-order valence-electron chi connectivity index (χ2n) is 5.17. The van der Waals surface area contributed by atoms with Crippen LogP contribution in [0.4, 0.5) is 0 Å². The second kappa shape index (κ2) is 12.7. The van der Waals surface area contributed by atoms with Crippen LogP contribution in [0.2, 0.25) is 0 Å². The van der Waals surface area contributed by atoms with Gasteiger partial charge in [-0.1, -0.05) is 12.1 Å². The minimum absolute atomic E-state index is 0.194. The fourth-order valence-electron chi connectivity index (χ4n) is 2.04. The van der Waals surface area contributed by atoms with E-state index in [-0.39, 0.29) is 13.1 Å². The van der Waals surface area contributed by atoms with Crippen molar-refractivity contribution >= 4 is 20.2 Å². The quantitative estimate of drug-likeness (QED) is 0.671. The van der Waals surface area contributed by atoms with Crippen molar-refractivity contribution in [1.82, 2.24) is 19.8 Å². The predicted molar refractivity (Wildman–Crippen MR) is 92.8 cm³/mol. The SMILES string of the molecule is CN(CCN(C)Cc1ccccn1)Cc1ccccn1.[Cl][Fe][Cl]. The molecular formula is C16H22Cl2FeN4. The molecule has 0 saturated heterocycles. The average Bonchev–Trinajstić information content (AvgIpc) is 2.56. The third-order valence-electron chi connectivity index (χ3n) is 3.18. The topological polar surface area (TPSA) is 32.3 Å². The van der Waals surface area contributed by atoms with E-state index in [1.807, 2.05) is 36.7 Å². The van der Waals surface area contributed by atoms with E-state index in [9.17, 15) is 0 Å². The maximum absolute atomic E-state index is 4.76. The Balaban J connectivity index is 0.000000816. The van der Waals surface area contributed by atoms with Crippen LogP contribution in [0.5, 0.6) is 0 Å². The molecule has 0 saturated carbocycles. The second-order valence-corrected chi connectivity index (χ2v) is 6.99. The van der Waals surface area contributed by atoms with Crippen LogP contribution < -0.4 is 0 Å². The van der Waals surface area contributed by atoms with Crippen molar-refractivity contribution < 1.29 is 13.1 Å². The van der Waals surface area contributed by atoms with E-state index in [1.54, 1.807) is 0 Å². The average molecular weight is 397 g/mol. The zero-order chi connectivity index (χ0) is 16.9. The van der Waals surface area contributed by atoms with Gasteiger partial charge in [-0.25, -0.2) is 0 Å². The zero-order valence-corrected chi connectivity index (χ0v) is 16.0. The molecule has 0 aliphatic rings. The van der Waals surface area contributed by atoms with Gasteiger partial charge in [0.05, 0.1) is 11.4 Å². The van der Waals surface area contributed by atoms with Crippen LogP contribution >= 0.6 is 20.2 Å². The number of pyridine rings is 2. The molecule has 0 unspecified atom stereocenters. The van der Waals surface area contributed by atoms with Gasteiger partial charge in [-0.05, 0) is 38.4 Å². The molecule has 2 rings (SSSR count). The minimum atomic E-state index is 0.194. The molecule has 0 amide bonds. The van der Waals surface area contributed by atoms with E-state index in [0.717, 1.165) is 37.6 Å². The Morgan fingerprint density at radius 2 is 1.22 bits per heavy atom. The predicted octanol–water partition coefficient (Wildman–Crippen LogP) is 3.42. The summed E-state index contributed by atoms with van der Waals surface area (Å²) < 4.78 is 0. The van der Waals surface area contributed by atoms with E-state index in [0.29, 0.717) is 0 Å². The molecular weight excluding hydrogens is 375 g/mol. The molecule has 2 aromatic heterocycles. The molecule has 2 heterocycles. The van der Waals surface area contributed by atoms with Crippen LogP contribution in [0.1, 0.15) is 11.4 Å². The van der Waals surface area contributed by atoms with Crippen LogP contribution in [-0.4, -0.2) is 47.0 Å². The molecule has 0 radical (unpaired) electrons. The van der Waals surface area contributed by atoms with E-state index in [2.05, 4.69) is 46.0 Å². The fourth-order valence-corrected chi connectivity index (χ4v) is 2.04. The fraction of sp³-hybridized carbons (Fsp3) is 0.375. The van der Waals surface area contributed by atoms with Crippen LogP contribution in [0.3, 0.4) is 0 Å². The Labute approximate surface area is 153 Å². The molecule has 0 aliphatic heterocycles. The van der Waals surface area contributed by atoms with Crippen LogP contribution in [-0.2, 0) is 26.2 Å². The van der Waals surface area contributed by atoms with Crippen molar-refractivity contribution in [2.24, 2.45) is 0 Å². The van der Waals surface area contributed by atoms with Gasteiger partial charge in [0, 0.05) is 38.6 Å². The van der Waals surface area contributed by atoms with Gasteiger partial charge < -0.3 is 0 Å². The Morgan fingerprint density at radius 3 is 1.52 bits per heavy atom. The molecule has 0 atom stereocenters. The van der Waals surface area contributed by atoms with Crippen molar-refractivity contribution in [2.45, 2.75) is 13.1 Å². The van der Waals surface area contributed by atoms with Crippen molar-refractivity contribution in [2.75, 3.05) is 27.2 Å². The first-order valence-corrected chi connectivity index (χ1v) is 10.2. The third-order valence-corrected chi connectivity index (χ3v) is 3.18. The molecule has 0 aromatic carbocycles. The number of aromatic nitrogens is 2. The van der Waals surface area contributed by atoms with E-state index in [4.69, 9.17) is 20.2 Å². The number of hydrogen-bond acceptors (Lipinski definition) is 4. The number of nitrogens with zero attached hydrogens (tertiary/aromatic N) is 4. The summed E-state index contributed by atoms with van der Waals surface area (Å²) in [7, 11) is 13.8. The van der Waals surface area contributed by atoms with Gasteiger partial charge in [0.15, 0.2) is 0 Å². The van der Waals surface area contributed by atoms with Crippen molar-refractivity contribution in [3.63, 3.8) is 0 Å². The normalized spacial score (nSPS) is 10.7. The molecule has 128 valence electrons. The van der Waals surface area contributed by atoms with E-state index in [1.165, 1.54) is 0 Å². The number of likely N-dealkylation sites (N-methyl/N-ethyl adjacent to an activating group) is 2. The number of hydrogen-bond donors (Lipinski definition) is 0. The Bertz CT molecular complexity index is 469. The van der Waals surface area contributed by atoms with Crippen molar-refractivity contribution in [3.8, 4) is 0 Å². The zero-order valence-electron chi connectivity index (χ0n) is 13.3. The molecule has 0 N–H and O–H groups in total. The number of halogens is 2. The standard InChI is InChI=1S/C16H22N4.2ClH.Fe/c1-19(13-15-7-3-5-9-17-15)11-12-20(2)14-16-8-4-6-10-18-16;;;/h3-10H,11-14H2,1-2H3;2*1H;/q;;;+2/p-2. The molecule has 23 heavy (non-hydrogen) atoms. The van der Waals surface area contributed by atoms with Gasteiger partial charge >= 0.3 is 33.3 Å². The molecule has 0 aliphatic carbocycles. The summed E-state index contributed by atoms with van der Waals surface area (Å²) >= 11 is 0.194. The third kappa shape index (κ3) is 9.92. The van der Waals surface area contributed by atoms with Gasteiger partial charge in [0.1, 0.15) is 0 Å². The van der Waals surface area contributed by atoms with Gasteiger partial charge in [0.2, 0.25) is 0 Å². The molecule has 4 nitrogen and oxygen atoms in total. The molecule has 7 heteroatoms. The number of rotatable bonds is 7. The summed E-state index contributed by atoms with van der Waals surface area (Å²) in [6, 6.07) is 12.1. The first kappa shape index (κ1) is 20.4. The molecule has 0 bridgehead atoms.